The van der Waals surface area contributed by atoms with Gasteiger partial charge in [-0.25, -0.2) is 18.1 Å². The Morgan fingerprint density at radius 3 is 2.33 bits per heavy atom. The van der Waals surface area contributed by atoms with Gasteiger partial charge in [-0.1, -0.05) is 48.5 Å². The molecule has 1 amide bonds. The Labute approximate surface area is 157 Å². The van der Waals surface area contributed by atoms with E-state index in [-0.39, 0.29) is 17.3 Å². The number of rotatable bonds is 4. The standard InChI is InChI=1S/C19H18N4O3S/c24-19(20-15-11-12-27(25,26)13-15)17-21-18(14-7-3-1-4-8-14)23(22-17)16-9-5-2-6-10-16/h1-10,15H,11-13H2,(H,20,24). The van der Waals surface area contributed by atoms with Crippen LogP contribution in [0.15, 0.2) is 60.7 Å². The maximum absolute atomic E-state index is 12.6. The molecule has 1 fully saturated rings. The number of amides is 1. The third kappa shape index (κ3) is 3.75. The molecule has 0 spiro atoms. The van der Waals surface area contributed by atoms with Crippen LogP contribution in [0.5, 0.6) is 0 Å². The average molecular weight is 382 g/mol. The summed E-state index contributed by atoms with van der Waals surface area (Å²) in [5.74, 6) is 0.153. The van der Waals surface area contributed by atoms with Crippen molar-refractivity contribution < 1.29 is 13.2 Å². The number of carbonyl (C=O) groups excluding carboxylic acids is 1. The second kappa shape index (κ2) is 6.96. The number of sulfone groups is 1. The second-order valence-corrected chi connectivity index (χ2v) is 8.67. The number of para-hydroxylation sites is 1. The lowest BCUT2D eigenvalue weighted by molar-refractivity contribution is 0.0930. The molecule has 1 aliphatic heterocycles. The summed E-state index contributed by atoms with van der Waals surface area (Å²) in [6.07, 6.45) is 0.416. The summed E-state index contributed by atoms with van der Waals surface area (Å²) in [7, 11) is -3.07. The zero-order valence-electron chi connectivity index (χ0n) is 14.4. The fraction of sp³-hybridized carbons (Fsp3) is 0.211. The highest BCUT2D eigenvalue weighted by molar-refractivity contribution is 7.91. The van der Waals surface area contributed by atoms with Gasteiger partial charge in [-0.05, 0) is 18.6 Å². The number of benzene rings is 2. The van der Waals surface area contributed by atoms with E-state index in [4.69, 9.17) is 0 Å². The SMILES string of the molecule is O=C(NC1CCS(=O)(=O)C1)c1nc(-c2ccccc2)n(-c2ccccc2)n1. The number of hydrogen-bond acceptors (Lipinski definition) is 5. The van der Waals surface area contributed by atoms with Crippen LogP contribution in [-0.4, -0.2) is 46.6 Å². The van der Waals surface area contributed by atoms with Crippen LogP contribution in [0.2, 0.25) is 0 Å². The maximum Gasteiger partial charge on any atom is 0.291 e. The van der Waals surface area contributed by atoms with E-state index in [1.807, 2.05) is 60.7 Å². The van der Waals surface area contributed by atoms with E-state index in [1.54, 1.807) is 4.68 Å². The summed E-state index contributed by atoms with van der Waals surface area (Å²) in [6, 6.07) is 18.5. The zero-order valence-corrected chi connectivity index (χ0v) is 15.3. The van der Waals surface area contributed by atoms with Crippen molar-refractivity contribution in [2.45, 2.75) is 12.5 Å². The molecule has 3 aromatic rings. The Bertz CT molecular complexity index is 1010. The molecule has 7 nitrogen and oxygen atoms in total. The van der Waals surface area contributed by atoms with E-state index in [1.165, 1.54) is 0 Å². The lowest BCUT2D eigenvalue weighted by atomic mass is 10.2. The third-order valence-electron chi connectivity index (χ3n) is 4.41. The molecule has 2 heterocycles. The van der Waals surface area contributed by atoms with E-state index < -0.39 is 21.8 Å². The summed E-state index contributed by atoms with van der Waals surface area (Å²) in [6.45, 7) is 0. The monoisotopic (exact) mass is 382 g/mol. The van der Waals surface area contributed by atoms with Gasteiger partial charge in [-0.2, -0.15) is 0 Å². The minimum atomic E-state index is -3.07. The quantitative estimate of drug-likeness (QED) is 0.743. The zero-order chi connectivity index (χ0) is 18.9. The fourth-order valence-corrected chi connectivity index (χ4v) is 4.76. The Kier molecular flexibility index (Phi) is 4.49. The Hall–Kier alpha value is -3.00. The molecule has 1 aliphatic rings. The van der Waals surface area contributed by atoms with Gasteiger partial charge in [-0.15, -0.1) is 5.10 Å². The van der Waals surface area contributed by atoms with E-state index in [2.05, 4.69) is 15.4 Å². The van der Waals surface area contributed by atoms with Crippen LogP contribution in [0.25, 0.3) is 17.1 Å². The van der Waals surface area contributed by atoms with Crippen molar-refractivity contribution in [3.05, 3.63) is 66.5 Å². The van der Waals surface area contributed by atoms with Crippen molar-refractivity contribution in [1.29, 1.82) is 0 Å². The number of nitrogens with zero attached hydrogens (tertiary/aromatic N) is 3. The lowest BCUT2D eigenvalue weighted by Gasteiger charge is -2.08. The molecule has 1 atom stereocenters. The van der Waals surface area contributed by atoms with Crippen molar-refractivity contribution in [3.63, 3.8) is 0 Å². The minimum absolute atomic E-state index is 0.0157. The first-order chi connectivity index (χ1) is 13.0. The van der Waals surface area contributed by atoms with Crippen LogP contribution in [0.1, 0.15) is 17.0 Å². The number of nitrogens with one attached hydrogen (secondary N) is 1. The van der Waals surface area contributed by atoms with Gasteiger partial charge in [0.05, 0.1) is 17.2 Å². The summed E-state index contributed by atoms with van der Waals surface area (Å²) in [4.78, 5) is 17.0. The molecule has 4 rings (SSSR count). The molecular weight excluding hydrogens is 364 g/mol. The van der Waals surface area contributed by atoms with Crippen molar-refractivity contribution in [1.82, 2.24) is 20.1 Å². The van der Waals surface area contributed by atoms with E-state index >= 15 is 0 Å². The summed E-state index contributed by atoms with van der Waals surface area (Å²) in [5.41, 5.74) is 1.61. The third-order valence-corrected chi connectivity index (χ3v) is 6.18. The first kappa shape index (κ1) is 17.4. The number of aromatic nitrogens is 3. The van der Waals surface area contributed by atoms with E-state index in [9.17, 15) is 13.2 Å². The minimum Gasteiger partial charge on any atom is -0.345 e. The molecule has 8 heteroatoms. The lowest BCUT2D eigenvalue weighted by Crippen LogP contribution is -2.36. The second-order valence-electron chi connectivity index (χ2n) is 6.45. The highest BCUT2D eigenvalue weighted by atomic mass is 32.2. The molecule has 1 N–H and O–H groups in total. The largest absolute Gasteiger partial charge is 0.345 e. The molecule has 0 saturated carbocycles. The van der Waals surface area contributed by atoms with Gasteiger partial charge in [0.15, 0.2) is 15.7 Å². The predicted octanol–water partition coefficient (Wildman–Crippen LogP) is 1.85. The molecule has 27 heavy (non-hydrogen) atoms. The topological polar surface area (TPSA) is 94.0 Å². The number of hydrogen-bond donors (Lipinski definition) is 1. The van der Waals surface area contributed by atoms with Crippen LogP contribution in [0.4, 0.5) is 0 Å². The normalized spacial score (nSPS) is 18.3. The summed E-state index contributed by atoms with van der Waals surface area (Å²) in [5, 5.41) is 7.12. The highest BCUT2D eigenvalue weighted by Gasteiger charge is 2.30. The van der Waals surface area contributed by atoms with E-state index in [0.29, 0.717) is 12.2 Å². The predicted molar refractivity (Wildman–Crippen MR) is 101 cm³/mol. The molecule has 1 aromatic heterocycles. The highest BCUT2D eigenvalue weighted by Crippen LogP contribution is 2.21. The average Bonchev–Trinajstić information content (AvgIpc) is 3.27. The maximum atomic E-state index is 12.6. The van der Waals surface area contributed by atoms with E-state index in [0.717, 1.165) is 11.3 Å². The van der Waals surface area contributed by atoms with Crippen molar-refractivity contribution in [2.75, 3.05) is 11.5 Å². The smallest absolute Gasteiger partial charge is 0.291 e. The first-order valence-corrected chi connectivity index (χ1v) is 10.4. The van der Waals surface area contributed by atoms with Crippen molar-refractivity contribution in [2.24, 2.45) is 0 Å². The van der Waals surface area contributed by atoms with Gasteiger partial charge in [0.1, 0.15) is 0 Å². The number of carbonyl (C=O) groups is 1. The molecule has 1 unspecified atom stereocenters. The summed E-state index contributed by atoms with van der Waals surface area (Å²) < 4.78 is 24.8. The van der Waals surface area contributed by atoms with Crippen LogP contribution in [0, 0.1) is 0 Å². The van der Waals surface area contributed by atoms with Crippen molar-refractivity contribution in [3.8, 4) is 17.1 Å². The van der Waals surface area contributed by atoms with Crippen LogP contribution < -0.4 is 5.32 Å². The fourth-order valence-electron chi connectivity index (χ4n) is 3.09. The van der Waals surface area contributed by atoms with Crippen LogP contribution in [-0.2, 0) is 9.84 Å². The van der Waals surface area contributed by atoms with Crippen molar-refractivity contribution >= 4 is 15.7 Å². The van der Waals surface area contributed by atoms with Gasteiger partial charge in [-0.3, -0.25) is 4.79 Å². The molecular formula is C19H18N4O3S. The van der Waals surface area contributed by atoms with Gasteiger partial charge in [0, 0.05) is 11.6 Å². The molecule has 0 aliphatic carbocycles. The summed E-state index contributed by atoms with van der Waals surface area (Å²) >= 11 is 0. The van der Waals surface area contributed by atoms with Gasteiger partial charge in [0.2, 0.25) is 5.82 Å². The van der Waals surface area contributed by atoms with Crippen LogP contribution in [0.3, 0.4) is 0 Å². The van der Waals surface area contributed by atoms with Gasteiger partial charge >= 0.3 is 0 Å². The molecule has 1 saturated heterocycles. The van der Waals surface area contributed by atoms with Gasteiger partial charge in [0.25, 0.3) is 5.91 Å². The first-order valence-electron chi connectivity index (χ1n) is 8.61. The molecule has 2 aromatic carbocycles. The van der Waals surface area contributed by atoms with Gasteiger partial charge < -0.3 is 5.32 Å². The molecule has 138 valence electrons. The Morgan fingerprint density at radius 2 is 1.70 bits per heavy atom. The van der Waals surface area contributed by atoms with Crippen LogP contribution >= 0.6 is 0 Å². The molecule has 0 radical (unpaired) electrons. The Morgan fingerprint density at radius 1 is 1.04 bits per heavy atom. The molecule has 0 bridgehead atoms. The Balaban J connectivity index is 1.68.